The van der Waals surface area contributed by atoms with Crippen LogP contribution >= 0.6 is 0 Å². The van der Waals surface area contributed by atoms with Crippen LogP contribution in [0.4, 0.5) is 23.1 Å². The van der Waals surface area contributed by atoms with E-state index in [1.807, 2.05) is 35.4 Å². The number of nitrogen functional groups attached to an aromatic ring is 1. The van der Waals surface area contributed by atoms with Gasteiger partial charge in [-0.3, -0.25) is 9.67 Å². The minimum Gasteiger partial charge on any atom is -0.383 e. The van der Waals surface area contributed by atoms with Crippen molar-refractivity contribution in [2.75, 3.05) is 29.5 Å². The van der Waals surface area contributed by atoms with Crippen molar-refractivity contribution >= 4 is 40.6 Å². The Morgan fingerprint density at radius 2 is 2.10 bits per heavy atom. The second-order valence-corrected chi connectivity index (χ2v) is 10.1. The number of hydrogen-bond acceptors (Lipinski definition) is 9. The summed E-state index contributed by atoms with van der Waals surface area (Å²) in [5.74, 6) is 3.17. The van der Waals surface area contributed by atoms with Gasteiger partial charge in [0.1, 0.15) is 17.5 Å². The van der Waals surface area contributed by atoms with Gasteiger partial charge in [0.2, 0.25) is 0 Å². The van der Waals surface area contributed by atoms with Crippen molar-refractivity contribution < 1.29 is 0 Å². The molecular formula is C28H29N11. The molecule has 5 aromatic heterocycles. The molecule has 11 nitrogen and oxygen atoms in total. The van der Waals surface area contributed by atoms with Gasteiger partial charge in [0.15, 0.2) is 5.82 Å². The number of pyridine rings is 3. The molecule has 4 N–H and O–H groups in total. The number of anilines is 4. The second-order valence-electron chi connectivity index (χ2n) is 10.1. The number of aromatic nitrogens is 7. The van der Waals surface area contributed by atoms with Gasteiger partial charge in [-0.15, -0.1) is 0 Å². The Kier molecular flexibility index (Phi) is 5.50. The molecule has 0 aliphatic carbocycles. The van der Waals surface area contributed by atoms with Gasteiger partial charge in [-0.1, -0.05) is 0 Å². The molecule has 0 fully saturated rings. The zero-order valence-electron chi connectivity index (χ0n) is 21.7. The first kappa shape index (κ1) is 23.3. The van der Waals surface area contributed by atoms with Gasteiger partial charge in [-0.25, -0.2) is 15.0 Å². The highest BCUT2D eigenvalue weighted by molar-refractivity contribution is 5.95. The highest BCUT2D eigenvalue weighted by Gasteiger charge is 2.24. The average molecular weight is 520 g/mol. The van der Waals surface area contributed by atoms with Crippen molar-refractivity contribution in [3.63, 3.8) is 0 Å². The van der Waals surface area contributed by atoms with Crippen molar-refractivity contribution in [3.05, 3.63) is 65.8 Å². The van der Waals surface area contributed by atoms with Crippen LogP contribution in [-0.2, 0) is 19.5 Å². The molecule has 1 atom stereocenters. The third-order valence-electron chi connectivity index (χ3n) is 7.74. The number of imidazole rings is 1. The molecule has 7 heterocycles. The molecule has 7 rings (SSSR count). The Morgan fingerprint density at radius 3 is 3.00 bits per heavy atom. The molecule has 0 unspecified atom stereocenters. The molecule has 39 heavy (non-hydrogen) atoms. The maximum Gasteiger partial charge on any atom is 0.153 e. The smallest absolute Gasteiger partial charge is 0.153 e. The molecule has 0 saturated heterocycles. The number of fused-ring (bicyclic) bond motifs is 4. The first-order valence-electron chi connectivity index (χ1n) is 13.1. The van der Waals surface area contributed by atoms with Crippen molar-refractivity contribution in [3.8, 4) is 11.3 Å². The molecule has 2 aliphatic heterocycles. The summed E-state index contributed by atoms with van der Waals surface area (Å²) in [5.41, 5.74) is 12.5. The summed E-state index contributed by atoms with van der Waals surface area (Å²) in [6, 6.07) is 6.11. The van der Waals surface area contributed by atoms with Gasteiger partial charge in [0.25, 0.3) is 0 Å². The Balaban J connectivity index is 1.21. The van der Waals surface area contributed by atoms with E-state index in [0.29, 0.717) is 24.7 Å². The first-order valence-corrected chi connectivity index (χ1v) is 13.1. The van der Waals surface area contributed by atoms with E-state index in [-0.39, 0.29) is 5.92 Å². The van der Waals surface area contributed by atoms with Crippen molar-refractivity contribution in [1.82, 2.24) is 34.3 Å². The van der Waals surface area contributed by atoms with Gasteiger partial charge < -0.3 is 25.9 Å². The SMILES string of the molecule is C=NC[C@@H]1CCNc2c1ncc(-c1cc3cc(Nc4cc5n(n4)Cc4nccn4CC5)ncc3c(N)n1)c2C. The van der Waals surface area contributed by atoms with E-state index in [0.717, 1.165) is 82.2 Å². The third-order valence-corrected chi connectivity index (χ3v) is 7.74. The molecule has 0 radical (unpaired) electrons. The second kappa shape index (κ2) is 9.19. The zero-order valence-corrected chi connectivity index (χ0v) is 21.7. The highest BCUT2D eigenvalue weighted by Crippen LogP contribution is 2.38. The van der Waals surface area contributed by atoms with Crippen LogP contribution in [0.1, 0.15) is 35.1 Å². The zero-order chi connectivity index (χ0) is 26.5. The molecule has 0 aromatic carbocycles. The third kappa shape index (κ3) is 4.06. The average Bonchev–Trinajstić information content (AvgIpc) is 3.50. The molecule has 5 aromatic rings. The number of nitrogens with one attached hydrogen (secondary N) is 2. The molecule has 0 bridgehead atoms. The van der Waals surface area contributed by atoms with E-state index in [1.54, 1.807) is 6.20 Å². The van der Waals surface area contributed by atoms with E-state index in [1.165, 1.54) is 0 Å². The number of nitrogens with two attached hydrogens (primary N) is 1. The van der Waals surface area contributed by atoms with Crippen LogP contribution in [0.2, 0.25) is 0 Å². The summed E-state index contributed by atoms with van der Waals surface area (Å²) < 4.78 is 4.18. The van der Waals surface area contributed by atoms with E-state index in [4.69, 9.17) is 20.8 Å². The molecule has 196 valence electrons. The lowest BCUT2D eigenvalue weighted by atomic mass is 9.92. The van der Waals surface area contributed by atoms with Gasteiger partial charge >= 0.3 is 0 Å². The van der Waals surface area contributed by atoms with E-state index in [9.17, 15) is 0 Å². The number of aryl methyl sites for hydroxylation is 2. The summed E-state index contributed by atoms with van der Waals surface area (Å²) in [6.45, 7) is 8.87. The van der Waals surface area contributed by atoms with Crippen LogP contribution in [0.15, 0.2) is 48.0 Å². The Bertz CT molecular complexity index is 1730. The minimum absolute atomic E-state index is 0.278. The van der Waals surface area contributed by atoms with E-state index >= 15 is 0 Å². The normalized spacial score (nSPS) is 16.1. The number of rotatable bonds is 5. The number of hydrogen-bond donors (Lipinski definition) is 3. The molecule has 0 saturated carbocycles. The predicted octanol–water partition coefficient (Wildman–Crippen LogP) is 3.92. The summed E-state index contributed by atoms with van der Waals surface area (Å²) in [5, 5.41) is 13.4. The maximum absolute atomic E-state index is 6.41. The summed E-state index contributed by atoms with van der Waals surface area (Å²) in [7, 11) is 0. The summed E-state index contributed by atoms with van der Waals surface area (Å²) in [4.78, 5) is 22.7. The molecule has 0 amide bonds. The number of aliphatic imine (C=N–C) groups is 1. The summed E-state index contributed by atoms with van der Waals surface area (Å²) >= 11 is 0. The Labute approximate surface area is 225 Å². The Hall–Kier alpha value is -4.80. The van der Waals surface area contributed by atoms with Crippen LogP contribution in [0.5, 0.6) is 0 Å². The largest absolute Gasteiger partial charge is 0.383 e. The molecule has 0 spiro atoms. The molecule has 2 aliphatic rings. The lowest BCUT2D eigenvalue weighted by Crippen LogP contribution is -2.21. The highest BCUT2D eigenvalue weighted by atomic mass is 15.3. The van der Waals surface area contributed by atoms with Gasteiger partial charge in [-0.05, 0) is 43.1 Å². The fourth-order valence-electron chi connectivity index (χ4n) is 5.69. The lowest BCUT2D eigenvalue weighted by Gasteiger charge is -2.27. The topological polar surface area (TPSA) is 137 Å². The monoisotopic (exact) mass is 519 g/mol. The molecular weight excluding hydrogens is 490 g/mol. The van der Waals surface area contributed by atoms with Gasteiger partial charge in [0, 0.05) is 79.5 Å². The van der Waals surface area contributed by atoms with Crippen molar-refractivity contribution in [1.29, 1.82) is 0 Å². The van der Waals surface area contributed by atoms with Crippen molar-refractivity contribution in [2.45, 2.75) is 38.8 Å². The summed E-state index contributed by atoms with van der Waals surface area (Å²) in [6.07, 6.45) is 9.40. The first-order chi connectivity index (χ1) is 19.1. The van der Waals surface area contributed by atoms with Gasteiger partial charge in [-0.2, -0.15) is 5.10 Å². The van der Waals surface area contributed by atoms with Crippen LogP contribution in [0, 0.1) is 6.92 Å². The van der Waals surface area contributed by atoms with Crippen LogP contribution in [-0.4, -0.2) is 54.1 Å². The van der Waals surface area contributed by atoms with Gasteiger partial charge in [0.05, 0.1) is 23.6 Å². The van der Waals surface area contributed by atoms with Crippen LogP contribution in [0.3, 0.4) is 0 Å². The van der Waals surface area contributed by atoms with E-state index in [2.05, 4.69) is 49.9 Å². The van der Waals surface area contributed by atoms with E-state index < -0.39 is 0 Å². The predicted molar refractivity (Wildman–Crippen MR) is 153 cm³/mol. The fourth-order valence-corrected chi connectivity index (χ4v) is 5.69. The quantitative estimate of drug-likeness (QED) is 0.297. The molecule has 11 heteroatoms. The standard InChI is InChI=1S/C28H29N11/c1-16-20(13-34-27-17(12-30-2)3-5-32-26(16)27)22-9-18-10-23(33-14-21(18)28(29)35-22)36-24-11-19-4-7-38-8-6-31-25(38)15-39(19)37-24/h6,8-11,13-14,17,32H,2-5,7,12,15H2,1H3,(H2,29,35)(H,33,36,37)/t17-/m0/s1. The minimum atomic E-state index is 0.278. The lowest BCUT2D eigenvalue weighted by molar-refractivity contribution is 0.620. The number of nitrogens with zero attached hydrogens (tertiary/aromatic N) is 8. The van der Waals surface area contributed by atoms with Crippen LogP contribution in [0.25, 0.3) is 22.0 Å². The van der Waals surface area contributed by atoms with Crippen LogP contribution < -0.4 is 16.4 Å². The Morgan fingerprint density at radius 1 is 1.18 bits per heavy atom. The van der Waals surface area contributed by atoms with Crippen molar-refractivity contribution in [2.24, 2.45) is 4.99 Å². The fraction of sp³-hybridized carbons (Fsp3) is 0.286. The maximum atomic E-state index is 6.41.